The maximum atomic E-state index is 14.5. The third kappa shape index (κ3) is 6.01. The number of hydrogen-bond donors (Lipinski definition) is 1. The maximum absolute atomic E-state index is 14.5. The first-order valence-corrected chi connectivity index (χ1v) is 16.4. The van der Waals surface area contributed by atoms with Crippen LogP contribution >= 0.6 is 15.9 Å². The fourth-order valence-corrected chi connectivity index (χ4v) is 6.26. The van der Waals surface area contributed by atoms with Crippen molar-refractivity contribution in [2.45, 2.75) is 58.4 Å². The van der Waals surface area contributed by atoms with E-state index in [-0.39, 0.29) is 24.9 Å². The molecule has 12 nitrogen and oxygen atoms in total. The molecule has 2 aliphatic rings. The number of aromatic nitrogens is 6. The third-order valence-electron chi connectivity index (χ3n) is 9.24. The van der Waals surface area contributed by atoms with Crippen LogP contribution in [0.5, 0.6) is 0 Å². The first-order valence-electron chi connectivity index (χ1n) is 15.6. The highest BCUT2D eigenvalue weighted by Crippen LogP contribution is 2.36. The van der Waals surface area contributed by atoms with Crippen molar-refractivity contribution in [1.82, 2.24) is 29.2 Å². The summed E-state index contributed by atoms with van der Waals surface area (Å²) in [6, 6.07) is 9.93. The van der Waals surface area contributed by atoms with Gasteiger partial charge in [0, 0.05) is 30.2 Å². The lowest BCUT2D eigenvalue weighted by Gasteiger charge is -2.32. The smallest absolute Gasteiger partial charge is 0.398 e. The average Bonchev–Trinajstić information content (AvgIpc) is 3.65. The Balaban J connectivity index is 1.06. The van der Waals surface area contributed by atoms with E-state index < -0.39 is 24.1 Å². The molecule has 4 aromatic heterocycles. The van der Waals surface area contributed by atoms with E-state index in [2.05, 4.69) is 36.3 Å². The van der Waals surface area contributed by atoms with Gasteiger partial charge in [-0.3, -0.25) is 14.6 Å². The van der Waals surface area contributed by atoms with Crippen molar-refractivity contribution in [3.05, 3.63) is 88.3 Å². The zero-order chi connectivity index (χ0) is 34.0. The molecule has 0 unspecified atom stereocenters. The lowest BCUT2D eigenvalue weighted by Crippen LogP contribution is -2.45. The van der Waals surface area contributed by atoms with E-state index in [1.54, 1.807) is 55.4 Å². The largest absolute Gasteiger partial charge is 0.516 e. The van der Waals surface area contributed by atoms with Gasteiger partial charge in [-0.25, -0.2) is 13.9 Å². The van der Waals surface area contributed by atoms with E-state index in [9.17, 15) is 14.0 Å². The predicted octanol–water partition coefficient (Wildman–Crippen LogP) is 3.46. The van der Waals surface area contributed by atoms with Gasteiger partial charge < -0.3 is 19.5 Å². The van der Waals surface area contributed by atoms with Gasteiger partial charge in [0.25, 0.3) is 11.8 Å². The van der Waals surface area contributed by atoms with E-state index in [0.717, 1.165) is 21.3 Å². The Labute approximate surface area is 285 Å². The van der Waals surface area contributed by atoms with Gasteiger partial charge in [-0.2, -0.15) is 9.78 Å². The Morgan fingerprint density at radius 3 is 2.65 bits per heavy atom. The molecule has 0 atom stereocenters. The number of nitrogens with zero attached hydrogens (tertiary/aromatic N) is 7. The van der Waals surface area contributed by atoms with Crippen LogP contribution in [0.2, 0.25) is 0 Å². The Bertz CT molecular complexity index is 2080. The molecule has 0 saturated carbocycles. The Kier molecular flexibility index (Phi) is 7.96. The Hall–Kier alpha value is -4.47. The third-order valence-corrected chi connectivity index (χ3v) is 9.67. The molecule has 0 bridgehead atoms. The summed E-state index contributed by atoms with van der Waals surface area (Å²) in [5.74, 6) is -0.480. The SMILES string of the molecule is Cn1cc(-c2ccc(F)cc2CN2CCc3ncc(Br)cc3C2=O)c[n+]1CC(=O)Nc1cn2nc(B3OC(C)(C)C(C)(C)O3)ccc2n1. The molecule has 246 valence electrons. The number of carbonyl (C=O) groups excluding carboxylic acids is 2. The van der Waals surface area contributed by atoms with E-state index >= 15 is 0 Å². The molecule has 7 rings (SSSR count). The van der Waals surface area contributed by atoms with Crippen LogP contribution < -0.4 is 15.6 Å². The Morgan fingerprint density at radius 1 is 1.10 bits per heavy atom. The first kappa shape index (κ1) is 32.1. The molecule has 1 N–H and O–H groups in total. The summed E-state index contributed by atoms with van der Waals surface area (Å²) in [6.45, 7) is 8.63. The van der Waals surface area contributed by atoms with Gasteiger partial charge >= 0.3 is 7.12 Å². The number of benzene rings is 1. The van der Waals surface area contributed by atoms with E-state index in [1.165, 1.54) is 12.1 Å². The number of nitrogens with one attached hydrogen (secondary N) is 1. The summed E-state index contributed by atoms with van der Waals surface area (Å²) in [5, 5.41) is 7.47. The van der Waals surface area contributed by atoms with Crippen molar-refractivity contribution < 1.29 is 28.0 Å². The van der Waals surface area contributed by atoms with Crippen molar-refractivity contribution >= 4 is 51.9 Å². The highest BCUT2D eigenvalue weighted by Gasteiger charge is 2.52. The second-order valence-corrected chi connectivity index (χ2v) is 14.0. The maximum Gasteiger partial charge on any atom is 0.516 e. The van der Waals surface area contributed by atoms with Crippen LogP contribution in [0, 0.1) is 5.82 Å². The second-order valence-electron chi connectivity index (χ2n) is 13.1. The Morgan fingerprint density at radius 2 is 1.88 bits per heavy atom. The van der Waals surface area contributed by atoms with Crippen molar-refractivity contribution in [3.63, 3.8) is 0 Å². The topological polar surface area (TPSA) is 120 Å². The minimum Gasteiger partial charge on any atom is -0.398 e. The number of aryl methyl sites for hydroxylation is 1. The molecular weight excluding hydrogens is 682 g/mol. The molecule has 15 heteroatoms. The molecule has 5 aromatic rings. The number of rotatable bonds is 7. The summed E-state index contributed by atoms with van der Waals surface area (Å²) in [6.07, 6.45) is 7.63. The number of imidazole rings is 1. The molecule has 48 heavy (non-hydrogen) atoms. The van der Waals surface area contributed by atoms with Gasteiger partial charge in [-0.1, -0.05) is 6.07 Å². The van der Waals surface area contributed by atoms with Crippen LogP contribution in [0.25, 0.3) is 16.8 Å². The fraction of sp³-hybridized carbons (Fsp3) is 0.333. The molecule has 0 radical (unpaired) electrons. The van der Waals surface area contributed by atoms with Crippen LogP contribution in [0.4, 0.5) is 10.2 Å². The van der Waals surface area contributed by atoms with Crippen molar-refractivity contribution in [1.29, 1.82) is 0 Å². The monoisotopic (exact) mass is 715 g/mol. The van der Waals surface area contributed by atoms with Gasteiger partial charge in [-0.15, -0.1) is 4.68 Å². The number of halogens is 2. The van der Waals surface area contributed by atoms with Crippen molar-refractivity contribution in [3.8, 4) is 11.1 Å². The zero-order valence-electron chi connectivity index (χ0n) is 27.2. The summed E-state index contributed by atoms with van der Waals surface area (Å²) >= 11 is 3.40. The van der Waals surface area contributed by atoms with Gasteiger partial charge in [0.2, 0.25) is 12.7 Å². The van der Waals surface area contributed by atoms with Crippen molar-refractivity contribution in [2.75, 3.05) is 11.9 Å². The number of hydrogen-bond acceptors (Lipinski definition) is 7. The molecule has 2 amide bonds. The number of amides is 2. The molecule has 0 aliphatic carbocycles. The van der Waals surface area contributed by atoms with Crippen LogP contribution in [-0.4, -0.2) is 65.8 Å². The van der Waals surface area contributed by atoms with Gasteiger partial charge in [-0.05, 0) is 85.1 Å². The molecule has 1 saturated heterocycles. The van der Waals surface area contributed by atoms with Gasteiger partial charge in [0.05, 0.1) is 53.1 Å². The van der Waals surface area contributed by atoms with E-state index in [0.29, 0.717) is 41.2 Å². The average molecular weight is 716 g/mol. The first-order chi connectivity index (χ1) is 22.8. The highest BCUT2D eigenvalue weighted by atomic mass is 79.9. The van der Waals surface area contributed by atoms with Crippen molar-refractivity contribution in [2.24, 2.45) is 7.05 Å². The summed E-state index contributed by atoms with van der Waals surface area (Å²) in [5.41, 5.74) is 3.67. The minimum absolute atomic E-state index is 0.00320. The molecular formula is C33H34BBrFN8O4+. The number of anilines is 1. The predicted molar refractivity (Wildman–Crippen MR) is 179 cm³/mol. The van der Waals surface area contributed by atoms with Crippen LogP contribution in [-0.2, 0) is 40.7 Å². The molecule has 1 aromatic carbocycles. The summed E-state index contributed by atoms with van der Waals surface area (Å²) in [7, 11) is 1.20. The molecule has 1 fully saturated rings. The highest BCUT2D eigenvalue weighted by molar-refractivity contribution is 9.10. The number of fused-ring (bicyclic) bond motifs is 2. The molecule has 0 spiro atoms. The standard InChI is InChI=1S/C33H33BBrFN8O4/c1-32(2)33(3,4)48-34(47-32)27-8-9-29-38-28(18-44(29)40-27)39-30(45)19-43-17-21(15-41(43)5)24-7-6-23(36)12-20(24)16-42-11-10-26-25(31(42)46)13-22(35)14-37-26/h6-9,12-15,17-18H,10-11,16,19H2,1-5H3/p+1. The second kappa shape index (κ2) is 11.9. The summed E-state index contributed by atoms with van der Waals surface area (Å²) in [4.78, 5) is 37.0. The van der Waals surface area contributed by atoms with Gasteiger partial charge in [0.15, 0.2) is 11.5 Å². The molecule has 6 heterocycles. The number of carbonyl (C=O) groups is 2. The lowest BCUT2D eigenvalue weighted by molar-refractivity contribution is -0.761. The number of pyridine rings is 1. The van der Waals surface area contributed by atoms with E-state index in [1.807, 2.05) is 47.1 Å². The molecule has 2 aliphatic heterocycles. The van der Waals surface area contributed by atoms with Crippen LogP contribution in [0.3, 0.4) is 0 Å². The lowest BCUT2D eigenvalue weighted by atomic mass is 9.85. The summed E-state index contributed by atoms with van der Waals surface area (Å²) < 4.78 is 32.6. The minimum atomic E-state index is -0.624. The van der Waals surface area contributed by atoms with Crippen LogP contribution in [0.1, 0.15) is 49.3 Å². The van der Waals surface area contributed by atoms with Gasteiger partial charge in [0.1, 0.15) is 5.82 Å². The quantitative estimate of drug-likeness (QED) is 0.203. The normalized spacial score (nSPS) is 16.9. The zero-order valence-corrected chi connectivity index (χ0v) is 28.8. The van der Waals surface area contributed by atoms with Crippen LogP contribution in [0.15, 0.2) is 65.7 Å². The fourth-order valence-electron chi connectivity index (χ4n) is 5.93. The van der Waals surface area contributed by atoms with E-state index in [4.69, 9.17) is 9.31 Å².